The molecule has 3 rings (SSSR count). The molecule has 0 radical (unpaired) electrons. The largest absolute Gasteiger partial charge is 0.497 e. The van der Waals surface area contributed by atoms with E-state index in [0.29, 0.717) is 17.1 Å². The van der Waals surface area contributed by atoms with Gasteiger partial charge in [-0.2, -0.15) is 0 Å². The second-order valence-corrected chi connectivity index (χ2v) is 5.11. The lowest BCUT2D eigenvalue weighted by Crippen LogP contribution is -2.28. The van der Waals surface area contributed by atoms with Gasteiger partial charge in [-0.05, 0) is 36.4 Å². The summed E-state index contributed by atoms with van der Waals surface area (Å²) in [5.74, 6) is 1.22. The molecule has 6 heteroatoms. The van der Waals surface area contributed by atoms with Crippen LogP contribution in [0.25, 0.3) is 11.3 Å². The number of carboxylic acid groups (broad SMARTS) is 1. The lowest BCUT2D eigenvalue weighted by Gasteiger charge is -2.17. The van der Waals surface area contributed by atoms with E-state index in [1.165, 1.54) is 4.90 Å². The van der Waals surface area contributed by atoms with Crippen LogP contribution in [0.15, 0.2) is 65.2 Å². The van der Waals surface area contributed by atoms with E-state index >= 15 is 0 Å². The average Bonchev–Trinajstić information content (AvgIpc) is 3.09. The van der Waals surface area contributed by atoms with E-state index in [2.05, 4.69) is 5.16 Å². The third-order valence-corrected chi connectivity index (χ3v) is 3.56. The van der Waals surface area contributed by atoms with Crippen LogP contribution in [-0.2, 0) is 6.54 Å². The first-order valence-corrected chi connectivity index (χ1v) is 7.33. The average molecular weight is 324 g/mol. The molecule has 0 aliphatic carbocycles. The smallest absolute Gasteiger partial charge is 0.412 e. The van der Waals surface area contributed by atoms with Gasteiger partial charge >= 0.3 is 6.09 Å². The molecule has 2 aromatic carbocycles. The number of rotatable bonds is 5. The van der Waals surface area contributed by atoms with Crippen LogP contribution in [0.5, 0.6) is 5.75 Å². The van der Waals surface area contributed by atoms with Gasteiger partial charge in [-0.15, -0.1) is 0 Å². The summed E-state index contributed by atoms with van der Waals surface area (Å²) in [6.07, 6.45) is -1.05. The number of benzene rings is 2. The number of hydrogen-bond acceptors (Lipinski definition) is 4. The normalized spacial score (nSPS) is 10.4. The predicted octanol–water partition coefficient (Wildman–Crippen LogP) is 4.03. The van der Waals surface area contributed by atoms with Crippen molar-refractivity contribution >= 4 is 11.8 Å². The first-order valence-electron chi connectivity index (χ1n) is 7.33. The van der Waals surface area contributed by atoms with Crippen molar-refractivity contribution in [3.05, 3.63) is 66.4 Å². The number of nitrogens with zero attached hydrogens (tertiary/aromatic N) is 2. The molecule has 0 aliphatic heterocycles. The third kappa shape index (κ3) is 3.38. The zero-order valence-electron chi connectivity index (χ0n) is 13.0. The molecule has 6 nitrogen and oxygen atoms in total. The first kappa shape index (κ1) is 15.6. The Hall–Kier alpha value is -3.28. The molecule has 1 heterocycles. The molecule has 24 heavy (non-hydrogen) atoms. The highest BCUT2D eigenvalue weighted by Gasteiger charge is 2.17. The molecule has 0 saturated carbocycles. The van der Waals surface area contributed by atoms with Crippen LogP contribution in [0.1, 0.15) is 5.76 Å². The van der Waals surface area contributed by atoms with Gasteiger partial charge in [0.1, 0.15) is 11.4 Å². The molecule has 1 N–H and O–H groups in total. The number of amides is 1. The summed E-state index contributed by atoms with van der Waals surface area (Å²) >= 11 is 0. The summed E-state index contributed by atoms with van der Waals surface area (Å²) in [6.45, 7) is 0.0858. The number of aromatic nitrogens is 1. The molecular weight excluding hydrogens is 308 g/mol. The van der Waals surface area contributed by atoms with Crippen LogP contribution in [0.3, 0.4) is 0 Å². The summed E-state index contributed by atoms with van der Waals surface area (Å²) in [5, 5.41) is 13.4. The molecule has 122 valence electrons. The molecule has 1 amide bonds. The van der Waals surface area contributed by atoms with Crippen molar-refractivity contribution < 1.29 is 19.2 Å². The fourth-order valence-electron chi connectivity index (χ4n) is 2.32. The van der Waals surface area contributed by atoms with Crippen LogP contribution in [-0.4, -0.2) is 23.5 Å². The molecule has 0 unspecified atom stereocenters. The van der Waals surface area contributed by atoms with E-state index in [9.17, 15) is 9.90 Å². The molecule has 1 aromatic heterocycles. The maximum atomic E-state index is 11.5. The van der Waals surface area contributed by atoms with Gasteiger partial charge in [0.2, 0.25) is 0 Å². The maximum Gasteiger partial charge on any atom is 0.412 e. The van der Waals surface area contributed by atoms with Gasteiger partial charge in [0, 0.05) is 17.3 Å². The summed E-state index contributed by atoms with van der Waals surface area (Å²) in [4.78, 5) is 12.7. The van der Waals surface area contributed by atoms with Gasteiger partial charge in [-0.1, -0.05) is 23.4 Å². The highest BCUT2D eigenvalue weighted by Crippen LogP contribution is 2.24. The minimum absolute atomic E-state index is 0.0858. The van der Waals surface area contributed by atoms with Crippen molar-refractivity contribution in [3.8, 4) is 17.0 Å². The number of anilines is 1. The minimum Gasteiger partial charge on any atom is -0.497 e. The Bertz CT molecular complexity index is 813. The zero-order chi connectivity index (χ0) is 16.9. The lowest BCUT2D eigenvalue weighted by atomic mass is 10.1. The molecule has 0 spiro atoms. The van der Waals surface area contributed by atoms with E-state index in [4.69, 9.17) is 9.26 Å². The lowest BCUT2D eigenvalue weighted by molar-refractivity contribution is 0.200. The van der Waals surface area contributed by atoms with Gasteiger partial charge in [-0.3, -0.25) is 4.90 Å². The van der Waals surface area contributed by atoms with Crippen molar-refractivity contribution in [2.24, 2.45) is 0 Å². The van der Waals surface area contributed by atoms with Gasteiger partial charge in [-0.25, -0.2) is 4.79 Å². The van der Waals surface area contributed by atoms with Gasteiger partial charge in [0.05, 0.1) is 13.7 Å². The highest BCUT2D eigenvalue weighted by atomic mass is 16.5. The fourth-order valence-corrected chi connectivity index (χ4v) is 2.32. The van der Waals surface area contributed by atoms with Gasteiger partial charge < -0.3 is 14.4 Å². The quantitative estimate of drug-likeness (QED) is 0.766. The van der Waals surface area contributed by atoms with E-state index in [1.54, 1.807) is 37.4 Å². The van der Waals surface area contributed by atoms with Crippen molar-refractivity contribution in [1.29, 1.82) is 0 Å². The topological polar surface area (TPSA) is 75.8 Å². The molecule has 0 saturated heterocycles. The molecule has 0 atom stereocenters. The summed E-state index contributed by atoms with van der Waals surface area (Å²) in [5.41, 5.74) is 2.09. The Morgan fingerprint density at radius 3 is 2.50 bits per heavy atom. The van der Waals surface area contributed by atoms with Crippen LogP contribution < -0.4 is 9.64 Å². The van der Waals surface area contributed by atoms with E-state index in [0.717, 1.165) is 11.3 Å². The van der Waals surface area contributed by atoms with Crippen molar-refractivity contribution in [3.63, 3.8) is 0 Å². The maximum absolute atomic E-state index is 11.5. The Kier molecular flexibility index (Phi) is 4.47. The summed E-state index contributed by atoms with van der Waals surface area (Å²) < 4.78 is 10.4. The second kappa shape index (κ2) is 6.87. The van der Waals surface area contributed by atoms with Gasteiger partial charge in [0.15, 0.2) is 5.76 Å². The van der Waals surface area contributed by atoms with Crippen molar-refractivity contribution in [2.75, 3.05) is 12.0 Å². The predicted molar refractivity (Wildman–Crippen MR) is 89.1 cm³/mol. The Morgan fingerprint density at radius 1 is 1.17 bits per heavy atom. The molecule has 0 bridgehead atoms. The number of methoxy groups -OCH3 is 1. The van der Waals surface area contributed by atoms with E-state index < -0.39 is 6.09 Å². The Morgan fingerprint density at radius 2 is 1.88 bits per heavy atom. The van der Waals surface area contributed by atoms with Crippen molar-refractivity contribution in [2.45, 2.75) is 6.54 Å². The third-order valence-electron chi connectivity index (χ3n) is 3.56. The monoisotopic (exact) mass is 324 g/mol. The first-order chi connectivity index (χ1) is 11.7. The van der Waals surface area contributed by atoms with Crippen LogP contribution >= 0.6 is 0 Å². The van der Waals surface area contributed by atoms with E-state index in [1.807, 2.05) is 30.3 Å². The number of hydrogen-bond donors (Lipinski definition) is 1. The Balaban J connectivity index is 1.80. The second-order valence-electron chi connectivity index (χ2n) is 5.11. The SMILES string of the molecule is COc1ccc(-c2cc(CN(C(=O)O)c3ccccc3)on2)cc1. The Labute approximate surface area is 138 Å². The number of para-hydroxylation sites is 1. The fraction of sp³-hybridized carbons (Fsp3) is 0.111. The number of ether oxygens (including phenoxy) is 1. The highest BCUT2D eigenvalue weighted by molar-refractivity contribution is 5.85. The molecule has 0 aliphatic rings. The van der Waals surface area contributed by atoms with Crippen LogP contribution in [0.4, 0.5) is 10.5 Å². The minimum atomic E-state index is -1.05. The van der Waals surface area contributed by atoms with Crippen LogP contribution in [0.2, 0.25) is 0 Å². The molecular formula is C18H16N2O4. The zero-order valence-corrected chi connectivity index (χ0v) is 13.0. The molecule has 3 aromatic rings. The van der Waals surface area contributed by atoms with Gasteiger partial charge in [0.25, 0.3) is 0 Å². The summed E-state index contributed by atoms with van der Waals surface area (Å²) in [7, 11) is 1.60. The van der Waals surface area contributed by atoms with Crippen LogP contribution in [0, 0.1) is 0 Å². The van der Waals surface area contributed by atoms with Crippen molar-refractivity contribution in [1.82, 2.24) is 5.16 Å². The summed E-state index contributed by atoms with van der Waals surface area (Å²) in [6, 6.07) is 18.0. The number of carbonyl (C=O) groups is 1. The molecule has 0 fully saturated rings. The van der Waals surface area contributed by atoms with E-state index in [-0.39, 0.29) is 6.54 Å². The standard InChI is InChI=1S/C18H16N2O4/c1-23-15-9-7-13(8-10-15)17-11-16(24-19-17)12-20(18(21)22)14-5-3-2-4-6-14/h2-11H,12H2,1H3,(H,21,22).